The lowest BCUT2D eigenvalue weighted by Gasteiger charge is -2.22. The normalized spacial score (nSPS) is 19.3. The Balaban J connectivity index is 1.51. The van der Waals surface area contributed by atoms with Gasteiger partial charge in [0.25, 0.3) is 0 Å². The molecule has 1 saturated heterocycles. The van der Waals surface area contributed by atoms with Gasteiger partial charge in [-0.2, -0.15) is 0 Å². The minimum atomic E-state index is -0.202. The second-order valence-electron chi connectivity index (χ2n) is 8.65. The fourth-order valence-electron chi connectivity index (χ4n) is 4.80. The number of rotatable bonds is 7. The van der Waals surface area contributed by atoms with Crippen LogP contribution in [0.5, 0.6) is 0 Å². The molecule has 0 bridgehead atoms. The van der Waals surface area contributed by atoms with E-state index in [9.17, 15) is 4.79 Å². The second-order valence-corrected chi connectivity index (χ2v) is 8.65. The van der Waals surface area contributed by atoms with E-state index in [-0.39, 0.29) is 24.0 Å². The number of benzene rings is 4. The van der Waals surface area contributed by atoms with Gasteiger partial charge in [0, 0.05) is 13.6 Å². The maximum atomic E-state index is 13.8. The molecule has 33 heavy (non-hydrogen) atoms. The van der Waals surface area contributed by atoms with E-state index in [1.54, 1.807) is 0 Å². The molecule has 1 aliphatic rings. The van der Waals surface area contributed by atoms with Crippen molar-refractivity contribution in [1.29, 1.82) is 0 Å². The van der Waals surface area contributed by atoms with Gasteiger partial charge in [0.2, 0.25) is 5.91 Å². The number of hydrogen-bond donors (Lipinski definition) is 0. The Morgan fingerprint density at radius 3 is 1.70 bits per heavy atom. The largest absolute Gasteiger partial charge is 0.340 e. The van der Waals surface area contributed by atoms with E-state index in [1.165, 1.54) is 16.7 Å². The summed E-state index contributed by atoms with van der Waals surface area (Å²) in [6.07, 6.45) is 0. The summed E-state index contributed by atoms with van der Waals surface area (Å²) in [6.45, 7) is 0.604. The van der Waals surface area contributed by atoms with Crippen LogP contribution in [0.15, 0.2) is 121 Å². The van der Waals surface area contributed by atoms with Crippen molar-refractivity contribution < 1.29 is 4.79 Å². The van der Waals surface area contributed by atoms with Crippen LogP contribution in [0.3, 0.4) is 0 Å². The molecule has 5 rings (SSSR count). The van der Waals surface area contributed by atoms with E-state index in [2.05, 4.69) is 89.8 Å². The Morgan fingerprint density at radius 2 is 1.18 bits per heavy atom. The van der Waals surface area contributed by atoms with Crippen LogP contribution in [0.4, 0.5) is 0 Å². The molecule has 0 saturated carbocycles. The maximum absolute atomic E-state index is 13.8. The molecule has 3 atom stereocenters. The average molecular weight is 433 g/mol. The second kappa shape index (κ2) is 9.43. The van der Waals surface area contributed by atoms with Crippen LogP contribution in [0.2, 0.25) is 0 Å². The van der Waals surface area contributed by atoms with Gasteiger partial charge in [0.1, 0.15) is 6.04 Å². The van der Waals surface area contributed by atoms with Gasteiger partial charge in [0.15, 0.2) is 0 Å². The Kier molecular flexibility index (Phi) is 6.05. The van der Waals surface area contributed by atoms with Gasteiger partial charge in [-0.25, -0.2) is 0 Å². The van der Waals surface area contributed by atoms with Crippen LogP contribution in [-0.2, 0) is 11.3 Å². The van der Waals surface area contributed by atoms with E-state index in [0.29, 0.717) is 6.54 Å². The highest BCUT2D eigenvalue weighted by Gasteiger charge is 2.57. The number of carbonyl (C=O) groups excluding carboxylic acids is 1. The lowest BCUT2D eigenvalue weighted by molar-refractivity contribution is -0.130. The van der Waals surface area contributed by atoms with Crippen LogP contribution in [0.1, 0.15) is 34.3 Å². The van der Waals surface area contributed by atoms with Crippen molar-refractivity contribution in [1.82, 2.24) is 9.80 Å². The quantitative estimate of drug-likeness (QED) is 0.342. The van der Waals surface area contributed by atoms with Gasteiger partial charge in [0.05, 0.1) is 12.1 Å². The summed E-state index contributed by atoms with van der Waals surface area (Å²) < 4.78 is 0. The SMILES string of the molecule is CN(Cc1ccccc1)C(=O)[C@H]1[C@@H](c2ccccc2)N1C(c1ccccc1)c1ccccc1. The third-order valence-corrected chi connectivity index (χ3v) is 6.41. The molecule has 1 heterocycles. The molecule has 1 amide bonds. The Labute approximate surface area is 195 Å². The molecule has 0 aromatic heterocycles. The number of amides is 1. The lowest BCUT2D eigenvalue weighted by atomic mass is 9.98. The van der Waals surface area contributed by atoms with Crippen LogP contribution in [-0.4, -0.2) is 28.8 Å². The zero-order chi connectivity index (χ0) is 22.6. The molecular formula is C30H28N2O. The molecule has 1 fully saturated rings. The molecule has 0 aliphatic carbocycles. The fraction of sp³-hybridized carbons (Fsp3) is 0.167. The predicted molar refractivity (Wildman–Crippen MR) is 132 cm³/mol. The van der Waals surface area contributed by atoms with Crippen LogP contribution < -0.4 is 0 Å². The Hall–Kier alpha value is -3.69. The highest BCUT2D eigenvalue weighted by atomic mass is 16.2. The summed E-state index contributed by atoms with van der Waals surface area (Å²) in [5.74, 6) is 0.157. The van der Waals surface area contributed by atoms with Crippen molar-refractivity contribution in [3.63, 3.8) is 0 Å². The molecule has 4 aromatic rings. The van der Waals surface area contributed by atoms with E-state index in [1.807, 2.05) is 48.3 Å². The standard InChI is InChI=1S/C30H28N2O/c1-31(22-23-14-6-2-7-15-23)30(33)29-28(26-20-12-5-13-21-26)32(29)27(24-16-8-3-9-17-24)25-18-10-4-11-19-25/h2-21,27-29H,22H2,1H3/t28-,29-,32?/m1/s1. The Bertz CT molecular complexity index is 1140. The third kappa shape index (κ3) is 4.46. The highest BCUT2D eigenvalue weighted by molar-refractivity contribution is 5.86. The number of nitrogens with zero attached hydrogens (tertiary/aromatic N) is 2. The van der Waals surface area contributed by atoms with Gasteiger partial charge in [-0.05, 0) is 22.3 Å². The van der Waals surface area contributed by atoms with E-state index in [4.69, 9.17) is 0 Å². The first-order valence-electron chi connectivity index (χ1n) is 11.5. The predicted octanol–water partition coefficient (Wildman–Crippen LogP) is 5.86. The molecule has 1 unspecified atom stereocenters. The molecule has 0 N–H and O–H groups in total. The zero-order valence-corrected chi connectivity index (χ0v) is 18.8. The number of likely N-dealkylation sites (N-methyl/N-ethyl adjacent to an activating group) is 1. The first kappa shape index (κ1) is 21.2. The maximum Gasteiger partial charge on any atom is 0.242 e. The van der Waals surface area contributed by atoms with Crippen molar-refractivity contribution in [3.8, 4) is 0 Å². The summed E-state index contributed by atoms with van der Waals surface area (Å²) in [5.41, 5.74) is 4.72. The minimum Gasteiger partial charge on any atom is -0.340 e. The molecule has 1 aliphatic heterocycles. The van der Waals surface area contributed by atoms with Crippen LogP contribution in [0, 0.1) is 0 Å². The number of carbonyl (C=O) groups is 1. The molecular weight excluding hydrogens is 404 g/mol. The first-order chi connectivity index (χ1) is 16.2. The topological polar surface area (TPSA) is 23.3 Å². The van der Waals surface area contributed by atoms with Crippen molar-refractivity contribution in [2.24, 2.45) is 0 Å². The van der Waals surface area contributed by atoms with Gasteiger partial charge in [-0.15, -0.1) is 0 Å². The molecule has 4 aromatic carbocycles. The third-order valence-electron chi connectivity index (χ3n) is 6.41. The van der Waals surface area contributed by atoms with Gasteiger partial charge >= 0.3 is 0 Å². The van der Waals surface area contributed by atoms with E-state index in [0.717, 1.165) is 5.56 Å². The smallest absolute Gasteiger partial charge is 0.242 e. The van der Waals surface area contributed by atoms with Crippen molar-refractivity contribution >= 4 is 5.91 Å². The lowest BCUT2D eigenvalue weighted by Crippen LogP contribution is -2.32. The van der Waals surface area contributed by atoms with E-state index < -0.39 is 0 Å². The van der Waals surface area contributed by atoms with E-state index >= 15 is 0 Å². The van der Waals surface area contributed by atoms with Crippen molar-refractivity contribution in [3.05, 3.63) is 144 Å². The van der Waals surface area contributed by atoms with Gasteiger partial charge in [-0.1, -0.05) is 121 Å². The summed E-state index contributed by atoms with van der Waals surface area (Å²) >= 11 is 0. The number of hydrogen-bond acceptors (Lipinski definition) is 2. The monoisotopic (exact) mass is 432 g/mol. The molecule has 3 heteroatoms. The molecule has 3 nitrogen and oxygen atoms in total. The van der Waals surface area contributed by atoms with Crippen LogP contribution in [0.25, 0.3) is 0 Å². The Morgan fingerprint density at radius 1 is 0.727 bits per heavy atom. The zero-order valence-electron chi connectivity index (χ0n) is 18.8. The molecule has 0 spiro atoms. The summed E-state index contributed by atoms with van der Waals surface area (Å²) in [5, 5.41) is 0. The molecule has 164 valence electrons. The molecule has 0 radical (unpaired) electrons. The van der Waals surface area contributed by atoms with Gasteiger partial charge in [-0.3, -0.25) is 9.69 Å². The van der Waals surface area contributed by atoms with Crippen molar-refractivity contribution in [2.45, 2.75) is 24.7 Å². The highest BCUT2D eigenvalue weighted by Crippen LogP contribution is 2.52. The fourth-order valence-corrected chi connectivity index (χ4v) is 4.80. The summed E-state index contributed by atoms with van der Waals surface area (Å²) in [6, 6.07) is 41.5. The van der Waals surface area contributed by atoms with Gasteiger partial charge < -0.3 is 4.90 Å². The summed E-state index contributed by atoms with van der Waals surface area (Å²) in [7, 11) is 1.91. The minimum absolute atomic E-state index is 0.0108. The summed E-state index contributed by atoms with van der Waals surface area (Å²) in [4.78, 5) is 18.0. The van der Waals surface area contributed by atoms with Crippen molar-refractivity contribution in [2.75, 3.05) is 7.05 Å². The first-order valence-corrected chi connectivity index (χ1v) is 11.5. The van der Waals surface area contributed by atoms with Crippen LogP contribution >= 0.6 is 0 Å². The average Bonchev–Trinajstić information content (AvgIpc) is 3.61.